The monoisotopic (exact) mass is 553 g/mol. The third-order valence-corrected chi connectivity index (χ3v) is 13.5. The van der Waals surface area contributed by atoms with Gasteiger partial charge >= 0.3 is 6.09 Å². The van der Waals surface area contributed by atoms with E-state index in [-0.39, 0.29) is 62.6 Å². The van der Waals surface area contributed by atoms with E-state index in [4.69, 9.17) is 4.74 Å². The number of fused-ring (bicyclic) bond motifs is 7. The Balaban J connectivity index is 1.51. The highest BCUT2D eigenvalue weighted by molar-refractivity contribution is 5.96. The summed E-state index contributed by atoms with van der Waals surface area (Å²) in [7, 11) is 0. The SMILES string of the molecule is CC1(C)CC[C@]2(CNC(=O)OC(C)(C)C)CC[C@]3(C)[C@H](C(=O)CC4[C@@]5(C)C=CC(=O)C(C)(C)[C@@H]5CC[C@]43C)[C@@H]2C1. The number of carbonyl (C=O) groups is 3. The Labute approximate surface area is 243 Å². The van der Waals surface area contributed by atoms with E-state index < -0.39 is 11.0 Å². The Morgan fingerprint density at radius 3 is 2.23 bits per heavy atom. The number of Topliss-reactive ketones (excluding diaryl/α,β-unsaturated/α-hetero) is 1. The van der Waals surface area contributed by atoms with Gasteiger partial charge in [0.1, 0.15) is 11.4 Å². The van der Waals surface area contributed by atoms with Crippen LogP contribution in [0, 0.1) is 56.2 Å². The normalized spacial score (nSPS) is 45.5. The van der Waals surface area contributed by atoms with Gasteiger partial charge in [-0.2, -0.15) is 0 Å². The number of ketones is 2. The third kappa shape index (κ3) is 4.25. The Kier molecular flexibility index (Phi) is 6.66. The zero-order chi connectivity index (χ0) is 29.7. The van der Waals surface area contributed by atoms with Gasteiger partial charge in [0.05, 0.1) is 0 Å². The number of hydrogen-bond donors (Lipinski definition) is 1. The summed E-state index contributed by atoms with van der Waals surface area (Å²) >= 11 is 0. The van der Waals surface area contributed by atoms with Crippen LogP contribution in [0.2, 0.25) is 0 Å². The van der Waals surface area contributed by atoms with Crippen LogP contribution in [-0.2, 0) is 14.3 Å². The maximum atomic E-state index is 14.6. The second-order valence-electron chi connectivity index (χ2n) is 17.6. The number of ether oxygens (including phenoxy) is 1. The van der Waals surface area contributed by atoms with Crippen LogP contribution in [0.5, 0.6) is 0 Å². The zero-order valence-corrected chi connectivity index (χ0v) is 27.0. The quantitative estimate of drug-likeness (QED) is 0.377. The fraction of sp³-hybridized carbons (Fsp3) is 0.857. The molecular formula is C35H55NO4. The van der Waals surface area contributed by atoms with Crippen molar-refractivity contribution in [3.63, 3.8) is 0 Å². The van der Waals surface area contributed by atoms with E-state index in [2.05, 4.69) is 59.9 Å². The summed E-state index contributed by atoms with van der Waals surface area (Å²) in [6.07, 6.45) is 11.6. The Morgan fingerprint density at radius 2 is 1.57 bits per heavy atom. The van der Waals surface area contributed by atoms with E-state index in [9.17, 15) is 14.4 Å². The van der Waals surface area contributed by atoms with Gasteiger partial charge in [0.15, 0.2) is 5.78 Å². The lowest BCUT2D eigenvalue weighted by molar-refractivity contribution is -0.221. The predicted molar refractivity (Wildman–Crippen MR) is 159 cm³/mol. The maximum absolute atomic E-state index is 14.6. The van der Waals surface area contributed by atoms with Crippen LogP contribution in [0.25, 0.3) is 0 Å². The zero-order valence-electron chi connectivity index (χ0n) is 27.0. The largest absolute Gasteiger partial charge is 0.444 e. The molecule has 0 aliphatic heterocycles. The van der Waals surface area contributed by atoms with Crippen molar-refractivity contribution in [1.82, 2.24) is 5.32 Å². The first-order valence-electron chi connectivity index (χ1n) is 15.9. The first kappa shape index (κ1) is 29.8. The fourth-order valence-electron chi connectivity index (χ4n) is 11.0. The predicted octanol–water partition coefficient (Wildman–Crippen LogP) is 7.92. The Morgan fingerprint density at radius 1 is 0.925 bits per heavy atom. The van der Waals surface area contributed by atoms with Crippen LogP contribution in [0.3, 0.4) is 0 Å². The van der Waals surface area contributed by atoms with Gasteiger partial charge in [0.2, 0.25) is 0 Å². The van der Waals surface area contributed by atoms with Crippen LogP contribution in [0.15, 0.2) is 12.2 Å². The molecule has 0 spiro atoms. The van der Waals surface area contributed by atoms with Crippen molar-refractivity contribution in [3.05, 3.63) is 12.2 Å². The molecule has 5 nitrogen and oxygen atoms in total. The van der Waals surface area contributed by atoms with E-state index in [0.29, 0.717) is 18.7 Å². The van der Waals surface area contributed by atoms with Gasteiger partial charge in [-0.25, -0.2) is 4.79 Å². The van der Waals surface area contributed by atoms with Crippen LogP contribution < -0.4 is 5.32 Å². The molecule has 0 saturated heterocycles. The second kappa shape index (κ2) is 8.93. The van der Waals surface area contributed by atoms with Crippen molar-refractivity contribution in [3.8, 4) is 0 Å². The molecule has 4 saturated carbocycles. The highest BCUT2D eigenvalue weighted by Crippen LogP contribution is 2.75. The number of rotatable bonds is 2. The molecule has 40 heavy (non-hydrogen) atoms. The molecule has 0 aromatic heterocycles. The third-order valence-electron chi connectivity index (χ3n) is 13.5. The van der Waals surface area contributed by atoms with Gasteiger partial charge in [-0.15, -0.1) is 0 Å². The van der Waals surface area contributed by atoms with Gasteiger partial charge in [-0.3, -0.25) is 9.59 Å². The van der Waals surface area contributed by atoms with Crippen molar-refractivity contribution in [1.29, 1.82) is 0 Å². The molecule has 5 heteroatoms. The number of hydrogen-bond acceptors (Lipinski definition) is 4. The van der Waals surface area contributed by atoms with Gasteiger partial charge in [-0.05, 0) is 117 Å². The lowest BCUT2D eigenvalue weighted by atomic mass is 9.32. The molecule has 1 unspecified atom stereocenters. The lowest BCUT2D eigenvalue weighted by Gasteiger charge is -2.72. The average molecular weight is 554 g/mol. The van der Waals surface area contributed by atoms with Crippen molar-refractivity contribution < 1.29 is 19.1 Å². The molecule has 8 atom stereocenters. The minimum atomic E-state index is -0.536. The van der Waals surface area contributed by atoms with Crippen molar-refractivity contribution >= 4 is 17.7 Å². The summed E-state index contributed by atoms with van der Waals surface area (Å²) in [6, 6.07) is 0. The van der Waals surface area contributed by atoms with Crippen molar-refractivity contribution in [2.75, 3.05) is 6.54 Å². The summed E-state index contributed by atoms with van der Waals surface area (Å²) in [4.78, 5) is 40.3. The fourth-order valence-corrected chi connectivity index (χ4v) is 11.0. The van der Waals surface area contributed by atoms with Crippen LogP contribution in [0.4, 0.5) is 4.79 Å². The van der Waals surface area contributed by atoms with Gasteiger partial charge in [0.25, 0.3) is 0 Å². The second-order valence-corrected chi connectivity index (χ2v) is 17.6. The average Bonchev–Trinajstić information content (AvgIpc) is 2.81. The molecule has 5 aliphatic carbocycles. The first-order valence-corrected chi connectivity index (χ1v) is 15.9. The Hall–Kier alpha value is -1.65. The van der Waals surface area contributed by atoms with E-state index in [0.717, 1.165) is 44.9 Å². The molecule has 0 heterocycles. The summed E-state index contributed by atoms with van der Waals surface area (Å²) in [5.41, 5.74) is -1.07. The molecule has 5 rings (SSSR count). The van der Waals surface area contributed by atoms with E-state index in [1.54, 1.807) is 0 Å². The van der Waals surface area contributed by atoms with Gasteiger partial charge in [-0.1, -0.05) is 54.5 Å². The van der Waals surface area contributed by atoms with E-state index in [1.165, 1.54) is 0 Å². The summed E-state index contributed by atoms with van der Waals surface area (Å²) in [5, 5.41) is 3.16. The molecule has 1 N–H and O–H groups in total. The summed E-state index contributed by atoms with van der Waals surface area (Å²) in [6.45, 7) is 22.5. The maximum Gasteiger partial charge on any atom is 0.407 e. The number of carbonyl (C=O) groups excluding carboxylic acids is 3. The lowest BCUT2D eigenvalue weighted by Crippen LogP contribution is -2.69. The first-order chi connectivity index (χ1) is 18.2. The molecule has 0 aromatic rings. The molecule has 4 fully saturated rings. The van der Waals surface area contributed by atoms with Gasteiger partial charge < -0.3 is 10.1 Å². The smallest absolute Gasteiger partial charge is 0.407 e. The Bertz CT molecular complexity index is 1130. The molecule has 1 amide bonds. The van der Waals surface area contributed by atoms with Gasteiger partial charge in [0, 0.05) is 24.3 Å². The van der Waals surface area contributed by atoms with Crippen molar-refractivity contribution in [2.24, 2.45) is 56.2 Å². The van der Waals surface area contributed by atoms with Crippen molar-refractivity contribution in [2.45, 2.75) is 126 Å². The summed E-state index contributed by atoms with van der Waals surface area (Å²) in [5.74, 6) is 1.41. The number of nitrogens with one attached hydrogen (secondary N) is 1. The van der Waals surface area contributed by atoms with Crippen LogP contribution >= 0.6 is 0 Å². The number of allylic oxidation sites excluding steroid dienone is 2. The minimum Gasteiger partial charge on any atom is -0.444 e. The highest BCUT2D eigenvalue weighted by Gasteiger charge is 2.71. The van der Waals surface area contributed by atoms with E-state index in [1.807, 2.05) is 26.8 Å². The topological polar surface area (TPSA) is 72.5 Å². The standard InChI is InChI=1S/C35H55NO4/c1-29(2,3)40-28(39)36-21-35-17-15-30(4,5)20-22(35)27-23(37)19-25-32(8)13-12-26(38)31(6,7)24(32)11-14-33(25,9)34(27,10)16-18-35/h12-13,22,24-25,27H,11,14-21H2,1-10H3,(H,36,39)/t22-,24-,25?,27-,32-,33+,34+,35+/m0/s1. The number of amides is 1. The molecular weight excluding hydrogens is 498 g/mol. The molecule has 5 aliphatic rings. The molecule has 0 bridgehead atoms. The number of alkyl carbamates (subject to hydrolysis) is 1. The van der Waals surface area contributed by atoms with Crippen LogP contribution in [0.1, 0.15) is 121 Å². The van der Waals surface area contributed by atoms with Crippen LogP contribution in [-0.4, -0.2) is 29.8 Å². The minimum absolute atomic E-state index is 0.00451. The highest BCUT2D eigenvalue weighted by atomic mass is 16.6. The molecule has 0 aromatic carbocycles. The molecule has 224 valence electrons. The van der Waals surface area contributed by atoms with E-state index >= 15 is 0 Å². The molecule has 0 radical (unpaired) electrons. The summed E-state index contributed by atoms with van der Waals surface area (Å²) < 4.78 is 5.62.